The van der Waals surface area contributed by atoms with Crippen LogP contribution >= 0.6 is 22.7 Å². The highest BCUT2D eigenvalue weighted by Gasteiger charge is 2.14. The topological polar surface area (TPSA) is 58.4 Å². The molecule has 0 spiro atoms. The van der Waals surface area contributed by atoms with Gasteiger partial charge in [-0.15, -0.1) is 22.7 Å². The van der Waals surface area contributed by atoms with Crippen LogP contribution in [0.25, 0.3) is 20.4 Å². The Morgan fingerprint density at radius 1 is 1.05 bits per heavy atom. The second kappa shape index (κ2) is 4.91. The number of oxime groups is 1. The van der Waals surface area contributed by atoms with Crippen molar-refractivity contribution in [2.45, 2.75) is 0 Å². The molecule has 1 N–H and O–H groups in total. The molecule has 4 aromatic rings. The molecule has 2 aromatic heterocycles. The third kappa shape index (κ3) is 2.09. The molecule has 0 atom stereocenters. The average Bonchev–Trinajstić information content (AvgIpc) is 3.13. The number of nitrogens with zero attached hydrogens (tertiary/aromatic N) is 3. The SMILES string of the molecule is O/N=C(\c1ccc2ncsc2c1)c1nc2ccccc2s1. The number of hydrogen-bond donors (Lipinski definition) is 1. The minimum Gasteiger partial charge on any atom is -0.410 e. The van der Waals surface area contributed by atoms with Crippen molar-refractivity contribution in [3.8, 4) is 0 Å². The van der Waals surface area contributed by atoms with Gasteiger partial charge in [-0.1, -0.05) is 23.4 Å². The minimum atomic E-state index is 0.492. The van der Waals surface area contributed by atoms with E-state index in [1.54, 1.807) is 11.3 Å². The summed E-state index contributed by atoms with van der Waals surface area (Å²) in [6, 6.07) is 13.7. The zero-order valence-corrected chi connectivity index (χ0v) is 12.4. The molecule has 0 radical (unpaired) electrons. The Labute approximate surface area is 128 Å². The van der Waals surface area contributed by atoms with Gasteiger partial charge in [0.05, 0.1) is 25.9 Å². The highest BCUT2D eigenvalue weighted by Crippen LogP contribution is 2.26. The van der Waals surface area contributed by atoms with E-state index in [-0.39, 0.29) is 0 Å². The van der Waals surface area contributed by atoms with Crippen LogP contribution < -0.4 is 0 Å². The first kappa shape index (κ1) is 12.4. The first-order chi connectivity index (χ1) is 10.3. The predicted octanol–water partition coefficient (Wildman–Crippen LogP) is 4.13. The van der Waals surface area contributed by atoms with Gasteiger partial charge >= 0.3 is 0 Å². The fourth-order valence-electron chi connectivity index (χ4n) is 2.20. The Hall–Kier alpha value is -2.31. The van der Waals surface area contributed by atoms with Crippen LogP contribution in [0.15, 0.2) is 53.1 Å². The van der Waals surface area contributed by atoms with Crippen molar-refractivity contribution in [3.05, 3.63) is 58.5 Å². The van der Waals surface area contributed by atoms with Crippen LogP contribution in [0.2, 0.25) is 0 Å². The van der Waals surface area contributed by atoms with Crippen LogP contribution in [0.5, 0.6) is 0 Å². The van der Waals surface area contributed by atoms with Gasteiger partial charge in [0.2, 0.25) is 0 Å². The van der Waals surface area contributed by atoms with E-state index in [4.69, 9.17) is 0 Å². The predicted molar refractivity (Wildman–Crippen MR) is 86.7 cm³/mol. The molecule has 0 saturated heterocycles. The van der Waals surface area contributed by atoms with Gasteiger partial charge < -0.3 is 5.21 Å². The number of thiazole rings is 2. The fourth-order valence-corrected chi connectivity index (χ4v) is 3.89. The second-order valence-electron chi connectivity index (χ2n) is 4.47. The summed E-state index contributed by atoms with van der Waals surface area (Å²) in [7, 11) is 0. The molecule has 0 fully saturated rings. The first-order valence-electron chi connectivity index (χ1n) is 6.27. The number of hydrogen-bond acceptors (Lipinski definition) is 6. The van der Waals surface area contributed by atoms with Crippen molar-refractivity contribution in [2.75, 3.05) is 0 Å². The molecule has 102 valence electrons. The van der Waals surface area contributed by atoms with Crippen molar-refractivity contribution in [1.29, 1.82) is 0 Å². The summed E-state index contributed by atoms with van der Waals surface area (Å²) in [6.45, 7) is 0. The summed E-state index contributed by atoms with van der Waals surface area (Å²) in [5.74, 6) is 0. The van der Waals surface area contributed by atoms with Crippen LogP contribution in [-0.4, -0.2) is 20.9 Å². The quantitative estimate of drug-likeness (QED) is 0.344. The van der Waals surface area contributed by atoms with Gasteiger partial charge in [-0.05, 0) is 24.3 Å². The molecular formula is C15H9N3OS2. The summed E-state index contributed by atoms with van der Waals surface area (Å²) in [5, 5.41) is 13.6. The zero-order valence-electron chi connectivity index (χ0n) is 10.7. The van der Waals surface area contributed by atoms with E-state index in [1.165, 1.54) is 11.3 Å². The summed E-state index contributed by atoms with van der Waals surface area (Å²) in [6.07, 6.45) is 0. The monoisotopic (exact) mass is 311 g/mol. The normalized spacial score (nSPS) is 12.3. The van der Waals surface area contributed by atoms with Gasteiger partial charge in [-0.2, -0.15) is 0 Å². The van der Waals surface area contributed by atoms with Gasteiger partial charge in [0, 0.05) is 5.56 Å². The lowest BCUT2D eigenvalue weighted by Crippen LogP contribution is -2.02. The Morgan fingerprint density at radius 3 is 2.81 bits per heavy atom. The van der Waals surface area contributed by atoms with Crippen LogP contribution in [0.3, 0.4) is 0 Å². The molecule has 0 aliphatic heterocycles. The maximum Gasteiger partial charge on any atom is 0.147 e. The second-order valence-corrected chi connectivity index (χ2v) is 6.39. The molecule has 0 aliphatic rings. The molecule has 0 bridgehead atoms. The van der Waals surface area contributed by atoms with Gasteiger partial charge in [0.15, 0.2) is 0 Å². The molecule has 21 heavy (non-hydrogen) atoms. The summed E-state index contributed by atoms with van der Waals surface area (Å²) in [4.78, 5) is 8.80. The van der Waals surface area contributed by atoms with Crippen molar-refractivity contribution in [3.63, 3.8) is 0 Å². The molecule has 0 aliphatic carbocycles. The number of fused-ring (bicyclic) bond motifs is 2. The lowest BCUT2D eigenvalue weighted by molar-refractivity contribution is 0.319. The van der Waals surface area contributed by atoms with Gasteiger partial charge in [-0.3, -0.25) is 0 Å². The van der Waals surface area contributed by atoms with E-state index < -0.39 is 0 Å². The number of rotatable bonds is 2. The number of aromatic nitrogens is 2. The molecule has 0 saturated carbocycles. The Balaban J connectivity index is 1.87. The highest BCUT2D eigenvalue weighted by atomic mass is 32.1. The number of para-hydroxylation sites is 1. The van der Waals surface area contributed by atoms with E-state index in [0.29, 0.717) is 10.7 Å². The Morgan fingerprint density at radius 2 is 1.95 bits per heavy atom. The molecule has 4 nitrogen and oxygen atoms in total. The van der Waals surface area contributed by atoms with E-state index in [1.807, 2.05) is 48.0 Å². The van der Waals surface area contributed by atoms with Crippen LogP contribution in [0, 0.1) is 0 Å². The fraction of sp³-hybridized carbons (Fsp3) is 0. The Bertz CT molecular complexity index is 934. The molecular weight excluding hydrogens is 302 g/mol. The van der Waals surface area contributed by atoms with Crippen molar-refractivity contribution < 1.29 is 5.21 Å². The first-order valence-corrected chi connectivity index (χ1v) is 7.96. The largest absolute Gasteiger partial charge is 0.410 e. The van der Waals surface area contributed by atoms with Crippen LogP contribution in [0.1, 0.15) is 10.6 Å². The minimum absolute atomic E-state index is 0.492. The van der Waals surface area contributed by atoms with Gasteiger partial charge in [-0.25, -0.2) is 9.97 Å². The van der Waals surface area contributed by atoms with Crippen LogP contribution in [-0.2, 0) is 0 Å². The van der Waals surface area contributed by atoms with E-state index in [9.17, 15) is 5.21 Å². The van der Waals surface area contributed by atoms with Crippen molar-refractivity contribution in [1.82, 2.24) is 9.97 Å². The smallest absolute Gasteiger partial charge is 0.147 e. The van der Waals surface area contributed by atoms with E-state index >= 15 is 0 Å². The Kier molecular flexibility index (Phi) is 2.90. The molecule has 2 aromatic carbocycles. The average molecular weight is 311 g/mol. The molecule has 4 rings (SSSR count). The van der Waals surface area contributed by atoms with Gasteiger partial charge in [0.1, 0.15) is 10.7 Å². The number of benzene rings is 2. The molecule has 6 heteroatoms. The third-order valence-electron chi connectivity index (χ3n) is 3.20. The molecule has 2 heterocycles. The zero-order chi connectivity index (χ0) is 14.2. The van der Waals surface area contributed by atoms with E-state index in [0.717, 1.165) is 26.0 Å². The maximum atomic E-state index is 9.42. The molecule has 0 unspecified atom stereocenters. The molecule has 0 amide bonds. The van der Waals surface area contributed by atoms with Crippen molar-refractivity contribution in [2.24, 2.45) is 5.16 Å². The lowest BCUT2D eigenvalue weighted by Gasteiger charge is -2.00. The van der Waals surface area contributed by atoms with E-state index in [2.05, 4.69) is 15.1 Å². The van der Waals surface area contributed by atoms with Gasteiger partial charge in [0.25, 0.3) is 0 Å². The summed E-state index contributed by atoms with van der Waals surface area (Å²) in [5.41, 5.74) is 5.00. The van der Waals surface area contributed by atoms with Crippen LogP contribution in [0.4, 0.5) is 0 Å². The van der Waals surface area contributed by atoms with Crippen molar-refractivity contribution >= 4 is 48.8 Å². The lowest BCUT2D eigenvalue weighted by atomic mass is 10.1. The summed E-state index contributed by atoms with van der Waals surface area (Å²) < 4.78 is 2.14. The highest BCUT2D eigenvalue weighted by molar-refractivity contribution is 7.20. The maximum absolute atomic E-state index is 9.42. The standard InChI is InChI=1S/C15H9N3OS2/c19-18-14(9-5-6-10-13(7-9)20-8-16-10)15-17-11-3-1-2-4-12(11)21-15/h1-8,19H/b18-14+. The summed E-state index contributed by atoms with van der Waals surface area (Å²) >= 11 is 3.08. The third-order valence-corrected chi connectivity index (χ3v) is 5.04.